The molecule has 0 spiro atoms. The Morgan fingerprint density at radius 2 is 1.78 bits per heavy atom. The van der Waals surface area contributed by atoms with Crippen molar-refractivity contribution in [2.24, 2.45) is 7.05 Å². The second-order valence-electron chi connectivity index (χ2n) is 9.86. The summed E-state index contributed by atoms with van der Waals surface area (Å²) in [5, 5.41) is 5.28. The fourth-order valence-electron chi connectivity index (χ4n) is 5.19. The number of pyridine rings is 1. The average Bonchev–Trinajstić information content (AvgIpc) is 3.48. The number of piperidine rings is 1. The molecule has 5 aromatic rings. The quantitative estimate of drug-likeness (QED) is 0.296. The number of hydrogen-bond acceptors (Lipinski definition) is 4. The number of aromatic nitrogens is 5. The molecule has 186 valence electrons. The van der Waals surface area contributed by atoms with Crippen LogP contribution in [0.4, 0.5) is 14.5 Å². The van der Waals surface area contributed by atoms with Crippen LogP contribution in [0.2, 0.25) is 0 Å². The topological polar surface area (TPSA) is 56.1 Å². The summed E-state index contributed by atoms with van der Waals surface area (Å²) in [7, 11) is 3.89. The Labute approximate surface area is 212 Å². The number of benzene rings is 2. The average molecular weight is 498 g/mol. The van der Waals surface area contributed by atoms with Gasteiger partial charge in [0.2, 0.25) is 5.69 Å². The van der Waals surface area contributed by atoms with Gasteiger partial charge in [0.05, 0.1) is 48.6 Å². The van der Waals surface area contributed by atoms with Crippen molar-refractivity contribution in [3.63, 3.8) is 0 Å². The monoisotopic (exact) mass is 497 g/mol. The normalized spacial score (nSPS) is 15.9. The maximum Gasteiger partial charge on any atom is 0.222 e. The zero-order valence-corrected chi connectivity index (χ0v) is 20.6. The molecule has 0 amide bonds. The standard InChI is InChI=1S/C28H25F2N7/c1-31-22-6-4-18(13-21(22)29)25-26(19-5-7-23-20(12-19)14-34-36(23)3)32-15-24-27(25)33-17-37(24)16-28(30)8-10-35(2)11-9-28/h4-7,12-15,17H,8-11,16H2,2-3H3. The number of rotatable bonds is 4. The Morgan fingerprint density at radius 3 is 2.54 bits per heavy atom. The highest BCUT2D eigenvalue weighted by molar-refractivity contribution is 6.00. The smallest absolute Gasteiger partial charge is 0.222 e. The number of fused-ring (bicyclic) bond motifs is 2. The molecular weight excluding hydrogens is 472 g/mol. The molecule has 1 aliphatic heterocycles. The van der Waals surface area contributed by atoms with Gasteiger partial charge in [-0.2, -0.15) is 5.10 Å². The highest BCUT2D eigenvalue weighted by Gasteiger charge is 2.34. The lowest BCUT2D eigenvalue weighted by Crippen LogP contribution is -2.42. The van der Waals surface area contributed by atoms with Crippen LogP contribution >= 0.6 is 0 Å². The highest BCUT2D eigenvalue weighted by atomic mass is 19.1. The minimum atomic E-state index is -1.33. The van der Waals surface area contributed by atoms with E-state index in [2.05, 4.69) is 19.8 Å². The van der Waals surface area contributed by atoms with Gasteiger partial charge in [0.15, 0.2) is 0 Å². The number of alkyl halides is 1. The zero-order valence-electron chi connectivity index (χ0n) is 20.6. The first kappa shape index (κ1) is 23.3. The molecule has 7 nitrogen and oxygen atoms in total. The van der Waals surface area contributed by atoms with Crippen LogP contribution in [0.5, 0.6) is 0 Å². The van der Waals surface area contributed by atoms with E-state index < -0.39 is 11.5 Å². The maximum atomic E-state index is 15.7. The first-order valence-electron chi connectivity index (χ1n) is 12.2. The largest absolute Gasteiger partial charge is 0.326 e. The molecule has 0 bridgehead atoms. The lowest BCUT2D eigenvalue weighted by Gasteiger charge is -2.34. The molecule has 0 N–H and O–H groups in total. The Morgan fingerprint density at radius 1 is 1.00 bits per heavy atom. The summed E-state index contributed by atoms with van der Waals surface area (Å²) in [6, 6.07) is 10.5. The molecule has 1 aliphatic rings. The molecule has 0 aliphatic carbocycles. The summed E-state index contributed by atoms with van der Waals surface area (Å²) in [5.74, 6) is -0.605. The van der Waals surface area contributed by atoms with E-state index in [1.54, 1.807) is 29.5 Å². The molecule has 1 saturated heterocycles. The van der Waals surface area contributed by atoms with Crippen molar-refractivity contribution >= 4 is 27.6 Å². The molecule has 0 radical (unpaired) electrons. The predicted molar refractivity (Wildman–Crippen MR) is 139 cm³/mol. The fraction of sp³-hybridized carbons (Fsp3) is 0.286. The molecule has 0 unspecified atom stereocenters. The van der Waals surface area contributed by atoms with Crippen molar-refractivity contribution < 1.29 is 8.78 Å². The Bertz CT molecular complexity index is 1690. The summed E-state index contributed by atoms with van der Waals surface area (Å²) in [4.78, 5) is 14.9. The van der Waals surface area contributed by atoms with Gasteiger partial charge in [-0.05, 0) is 43.7 Å². The van der Waals surface area contributed by atoms with E-state index in [9.17, 15) is 4.39 Å². The van der Waals surface area contributed by atoms with Gasteiger partial charge in [0.1, 0.15) is 17.0 Å². The number of nitrogens with zero attached hydrogens (tertiary/aromatic N) is 7. The SMILES string of the molecule is [C-]#[N+]c1ccc(-c2c(-c3ccc4c(cnn4C)c3)ncc3c2ncn3CC2(F)CCN(C)CC2)cc1F. The minimum absolute atomic E-state index is 0.0469. The number of aryl methyl sites for hydroxylation is 1. The van der Waals surface area contributed by atoms with Crippen LogP contribution in [0.3, 0.4) is 0 Å². The first-order chi connectivity index (χ1) is 17.8. The lowest BCUT2D eigenvalue weighted by atomic mass is 9.93. The summed E-state index contributed by atoms with van der Waals surface area (Å²) < 4.78 is 34.1. The Balaban J connectivity index is 1.52. The van der Waals surface area contributed by atoms with E-state index in [4.69, 9.17) is 11.6 Å². The molecule has 6 rings (SSSR count). The fourth-order valence-corrected chi connectivity index (χ4v) is 5.19. The minimum Gasteiger partial charge on any atom is -0.326 e. The van der Waals surface area contributed by atoms with E-state index in [0.717, 1.165) is 16.5 Å². The first-order valence-corrected chi connectivity index (χ1v) is 12.2. The molecule has 9 heteroatoms. The van der Waals surface area contributed by atoms with E-state index in [1.165, 1.54) is 12.1 Å². The Hall–Kier alpha value is -4.16. The number of imidazole rings is 1. The van der Waals surface area contributed by atoms with Gasteiger partial charge in [-0.3, -0.25) is 9.67 Å². The number of hydrogen-bond donors (Lipinski definition) is 0. The van der Waals surface area contributed by atoms with Gasteiger partial charge in [-0.15, -0.1) is 0 Å². The van der Waals surface area contributed by atoms with Gasteiger partial charge in [-0.25, -0.2) is 18.6 Å². The van der Waals surface area contributed by atoms with Crippen molar-refractivity contribution in [2.45, 2.75) is 25.1 Å². The van der Waals surface area contributed by atoms with Crippen LogP contribution < -0.4 is 0 Å². The van der Waals surface area contributed by atoms with Crippen molar-refractivity contribution in [2.75, 3.05) is 20.1 Å². The van der Waals surface area contributed by atoms with E-state index in [-0.39, 0.29) is 12.2 Å². The van der Waals surface area contributed by atoms with E-state index >= 15 is 4.39 Å². The third kappa shape index (κ3) is 4.03. The molecule has 4 heterocycles. The molecule has 0 atom stereocenters. The second-order valence-corrected chi connectivity index (χ2v) is 9.86. The van der Waals surface area contributed by atoms with Crippen molar-refractivity contribution in [1.82, 2.24) is 29.2 Å². The summed E-state index contributed by atoms with van der Waals surface area (Å²) in [6.07, 6.45) is 6.06. The van der Waals surface area contributed by atoms with E-state index in [0.29, 0.717) is 53.8 Å². The molecule has 1 fully saturated rings. The van der Waals surface area contributed by atoms with Crippen LogP contribution in [0.1, 0.15) is 12.8 Å². The van der Waals surface area contributed by atoms with Crippen molar-refractivity contribution in [3.05, 3.63) is 72.4 Å². The van der Waals surface area contributed by atoms with Crippen molar-refractivity contribution in [1.29, 1.82) is 0 Å². The second kappa shape index (κ2) is 8.75. The molecule has 2 aromatic carbocycles. The van der Waals surface area contributed by atoms with E-state index in [1.807, 2.05) is 36.9 Å². The molecule has 37 heavy (non-hydrogen) atoms. The third-order valence-corrected chi connectivity index (χ3v) is 7.38. The van der Waals surface area contributed by atoms with Crippen LogP contribution in [-0.2, 0) is 13.6 Å². The summed E-state index contributed by atoms with van der Waals surface area (Å²) >= 11 is 0. The van der Waals surface area contributed by atoms with Gasteiger partial charge in [0, 0.05) is 36.7 Å². The molecule has 0 saturated carbocycles. The molecular formula is C28H25F2N7. The maximum absolute atomic E-state index is 15.7. The zero-order chi connectivity index (χ0) is 25.7. The number of halogens is 2. The Kier molecular flexibility index (Phi) is 5.50. The van der Waals surface area contributed by atoms with Gasteiger partial charge >= 0.3 is 0 Å². The summed E-state index contributed by atoms with van der Waals surface area (Å²) in [6.45, 7) is 8.82. The highest BCUT2D eigenvalue weighted by Crippen LogP contribution is 2.39. The van der Waals surface area contributed by atoms with Crippen LogP contribution in [-0.4, -0.2) is 55.0 Å². The lowest BCUT2D eigenvalue weighted by molar-refractivity contribution is 0.0541. The molecule has 3 aromatic heterocycles. The van der Waals surface area contributed by atoms with Crippen molar-refractivity contribution in [3.8, 4) is 22.4 Å². The predicted octanol–water partition coefficient (Wildman–Crippen LogP) is 5.78. The van der Waals surface area contributed by atoms with Gasteiger partial charge < -0.3 is 9.47 Å². The number of likely N-dealkylation sites (tertiary alicyclic amines) is 1. The van der Waals surface area contributed by atoms with Gasteiger partial charge in [0.25, 0.3) is 0 Å². The third-order valence-electron chi connectivity index (χ3n) is 7.38. The van der Waals surface area contributed by atoms with Crippen LogP contribution in [0, 0.1) is 12.4 Å². The van der Waals surface area contributed by atoms with Crippen LogP contribution in [0.25, 0.3) is 49.2 Å². The summed E-state index contributed by atoms with van der Waals surface area (Å²) in [5.41, 5.74) is 3.58. The van der Waals surface area contributed by atoms with Crippen LogP contribution in [0.15, 0.2) is 55.1 Å². The van der Waals surface area contributed by atoms with Gasteiger partial charge in [-0.1, -0.05) is 18.2 Å².